The zero-order chi connectivity index (χ0) is 11.3. The topological polar surface area (TPSA) is 37.3 Å². The van der Waals surface area contributed by atoms with Crippen molar-refractivity contribution in [2.45, 2.75) is 25.7 Å². The summed E-state index contributed by atoms with van der Waals surface area (Å²) >= 11 is 3.57. The predicted octanol–water partition coefficient (Wildman–Crippen LogP) is 3.03. The largest absolute Gasteiger partial charge is 0.481 e. The van der Waals surface area contributed by atoms with Gasteiger partial charge in [-0.05, 0) is 48.3 Å². The van der Waals surface area contributed by atoms with E-state index in [1.54, 1.807) is 0 Å². The fourth-order valence-corrected chi connectivity index (χ4v) is 3.58. The van der Waals surface area contributed by atoms with E-state index in [-0.39, 0.29) is 11.3 Å². The molecule has 3 rings (SSSR count). The minimum absolute atomic E-state index is 0.0721. The molecule has 1 fully saturated rings. The van der Waals surface area contributed by atoms with E-state index >= 15 is 0 Å². The number of hydrogen-bond donors (Lipinski definition) is 1. The summed E-state index contributed by atoms with van der Waals surface area (Å²) in [5, 5.41) is 9.08. The second-order valence-electron chi connectivity index (χ2n) is 5.01. The molecule has 16 heavy (non-hydrogen) atoms. The molecule has 1 spiro atoms. The molecule has 0 saturated heterocycles. The molecule has 84 valence electrons. The zero-order valence-electron chi connectivity index (χ0n) is 8.87. The third-order valence-corrected chi connectivity index (χ3v) is 4.87. The van der Waals surface area contributed by atoms with Gasteiger partial charge in [0.15, 0.2) is 0 Å². The first-order chi connectivity index (χ1) is 7.62. The number of halogens is 1. The Balaban J connectivity index is 1.93. The molecule has 2 aliphatic rings. The van der Waals surface area contributed by atoms with E-state index in [1.165, 1.54) is 11.1 Å². The Kier molecular flexibility index (Phi) is 2.15. The Morgan fingerprint density at radius 3 is 3.00 bits per heavy atom. The van der Waals surface area contributed by atoms with Crippen LogP contribution in [-0.4, -0.2) is 11.1 Å². The molecule has 3 heteroatoms. The van der Waals surface area contributed by atoms with E-state index < -0.39 is 5.97 Å². The molecule has 1 N–H and O–H groups in total. The molecule has 0 amide bonds. The average Bonchev–Trinajstić information content (AvgIpc) is 2.95. The summed E-state index contributed by atoms with van der Waals surface area (Å²) in [5.74, 6) is -0.719. The highest BCUT2D eigenvalue weighted by atomic mass is 79.9. The van der Waals surface area contributed by atoms with Crippen LogP contribution in [0.5, 0.6) is 0 Å². The number of benzene rings is 1. The quantitative estimate of drug-likeness (QED) is 0.859. The van der Waals surface area contributed by atoms with Crippen LogP contribution in [0.3, 0.4) is 0 Å². The average molecular weight is 281 g/mol. The van der Waals surface area contributed by atoms with E-state index in [4.69, 9.17) is 5.11 Å². The molecule has 0 aromatic heterocycles. The van der Waals surface area contributed by atoms with Gasteiger partial charge in [-0.15, -0.1) is 0 Å². The number of aliphatic carboxylic acids is 1. The van der Waals surface area contributed by atoms with E-state index in [1.807, 2.05) is 0 Å². The fourth-order valence-electron chi connectivity index (χ4n) is 3.03. The van der Waals surface area contributed by atoms with Gasteiger partial charge in [0.2, 0.25) is 0 Å². The van der Waals surface area contributed by atoms with Gasteiger partial charge in [0, 0.05) is 4.47 Å². The third kappa shape index (κ3) is 1.41. The molecule has 0 bridgehead atoms. The van der Waals surface area contributed by atoms with Crippen LogP contribution >= 0.6 is 15.9 Å². The van der Waals surface area contributed by atoms with Gasteiger partial charge in [-0.3, -0.25) is 4.79 Å². The standard InChI is InChI=1S/C13H13BrO2/c14-11-3-1-2-8-4-5-13(6-9(8)11)7-10(13)12(15)16/h1-3,10H,4-7H2,(H,15,16). The molecule has 2 atom stereocenters. The summed E-state index contributed by atoms with van der Waals surface area (Å²) in [7, 11) is 0. The predicted molar refractivity (Wildman–Crippen MR) is 64.3 cm³/mol. The lowest BCUT2D eigenvalue weighted by atomic mass is 9.80. The van der Waals surface area contributed by atoms with Crippen molar-refractivity contribution in [3.05, 3.63) is 33.8 Å². The molecule has 2 aliphatic carbocycles. The van der Waals surface area contributed by atoms with Gasteiger partial charge < -0.3 is 5.11 Å². The highest BCUT2D eigenvalue weighted by Crippen LogP contribution is 2.60. The summed E-state index contributed by atoms with van der Waals surface area (Å²) in [6.45, 7) is 0. The number of fused-ring (bicyclic) bond motifs is 1. The fraction of sp³-hybridized carbons (Fsp3) is 0.462. The summed E-state index contributed by atoms with van der Waals surface area (Å²) in [6, 6.07) is 6.27. The van der Waals surface area contributed by atoms with Crippen LogP contribution in [0.4, 0.5) is 0 Å². The molecule has 1 aromatic carbocycles. The first-order valence-corrected chi connectivity index (χ1v) is 6.41. The Labute approximate surface area is 103 Å². The van der Waals surface area contributed by atoms with Crippen LogP contribution < -0.4 is 0 Å². The van der Waals surface area contributed by atoms with Crippen LogP contribution in [0.25, 0.3) is 0 Å². The maximum absolute atomic E-state index is 11.0. The molecule has 0 radical (unpaired) electrons. The van der Waals surface area contributed by atoms with Crippen molar-refractivity contribution in [1.82, 2.24) is 0 Å². The normalized spacial score (nSPS) is 31.2. The summed E-state index contributed by atoms with van der Waals surface area (Å²) < 4.78 is 1.14. The van der Waals surface area contributed by atoms with Gasteiger partial charge in [0.05, 0.1) is 5.92 Å². The number of carbonyl (C=O) groups is 1. The van der Waals surface area contributed by atoms with Gasteiger partial charge in [-0.25, -0.2) is 0 Å². The van der Waals surface area contributed by atoms with Crippen molar-refractivity contribution >= 4 is 21.9 Å². The van der Waals surface area contributed by atoms with Crippen LogP contribution in [0.2, 0.25) is 0 Å². The molecule has 1 aromatic rings. The molecular weight excluding hydrogens is 268 g/mol. The number of rotatable bonds is 1. The van der Waals surface area contributed by atoms with E-state index in [0.717, 1.165) is 30.2 Å². The van der Waals surface area contributed by atoms with Gasteiger partial charge in [-0.2, -0.15) is 0 Å². The minimum atomic E-state index is -0.615. The minimum Gasteiger partial charge on any atom is -0.481 e. The molecular formula is C13H13BrO2. The van der Waals surface area contributed by atoms with Crippen molar-refractivity contribution in [3.63, 3.8) is 0 Å². The second kappa shape index (κ2) is 3.33. The van der Waals surface area contributed by atoms with Crippen LogP contribution in [-0.2, 0) is 17.6 Å². The van der Waals surface area contributed by atoms with Crippen molar-refractivity contribution in [2.75, 3.05) is 0 Å². The van der Waals surface area contributed by atoms with Crippen LogP contribution in [0.15, 0.2) is 22.7 Å². The molecule has 1 saturated carbocycles. The first kappa shape index (κ1) is 10.3. The van der Waals surface area contributed by atoms with E-state index in [9.17, 15) is 4.79 Å². The maximum atomic E-state index is 11.0. The maximum Gasteiger partial charge on any atom is 0.307 e. The van der Waals surface area contributed by atoms with Crippen molar-refractivity contribution < 1.29 is 9.90 Å². The lowest BCUT2D eigenvalue weighted by Crippen LogP contribution is -2.20. The second-order valence-corrected chi connectivity index (χ2v) is 5.87. The lowest BCUT2D eigenvalue weighted by Gasteiger charge is -2.25. The molecule has 0 aliphatic heterocycles. The van der Waals surface area contributed by atoms with Crippen molar-refractivity contribution in [3.8, 4) is 0 Å². The summed E-state index contributed by atoms with van der Waals surface area (Å²) in [6.07, 6.45) is 3.86. The smallest absolute Gasteiger partial charge is 0.307 e. The zero-order valence-corrected chi connectivity index (χ0v) is 10.5. The Bertz CT molecular complexity index is 469. The summed E-state index contributed by atoms with van der Waals surface area (Å²) in [4.78, 5) is 11.0. The van der Waals surface area contributed by atoms with Gasteiger partial charge in [0.1, 0.15) is 0 Å². The van der Waals surface area contributed by atoms with Crippen LogP contribution in [0.1, 0.15) is 24.0 Å². The van der Waals surface area contributed by atoms with E-state index in [2.05, 4.69) is 34.1 Å². The van der Waals surface area contributed by atoms with Crippen LogP contribution in [0, 0.1) is 11.3 Å². The Hall–Kier alpha value is -0.830. The third-order valence-electron chi connectivity index (χ3n) is 4.12. The SMILES string of the molecule is O=C(O)C1CC12CCc1cccc(Br)c1C2. The molecule has 0 heterocycles. The number of carboxylic acids is 1. The van der Waals surface area contributed by atoms with Gasteiger partial charge >= 0.3 is 5.97 Å². The first-order valence-electron chi connectivity index (χ1n) is 5.61. The lowest BCUT2D eigenvalue weighted by molar-refractivity contribution is -0.139. The molecule has 2 unspecified atom stereocenters. The number of aryl methyl sites for hydroxylation is 1. The number of hydrogen-bond acceptors (Lipinski definition) is 1. The van der Waals surface area contributed by atoms with E-state index in [0.29, 0.717) is 0 Å². The number of carboxylic acid groups (broad SMARTS) is 1. The summed E-state index contributed by atoms with van der Waals surface area (Å²) in [5.41, 5.74) is 2.79. The Morgan fingerprint density at radius 1 is 1.50 bits per heavy atom. The van der Waals surface area contributed by atoms with Gasteiger partial charge in [-0.1, -0.05) is 28.1 Å². The van der Waals surface area contributed by atoms with Crippen molar-refractivity contribution in [2.24, 2.45) is 11.3 Å². The highest BCUT2D eigenvalue weighted by molar-refractivity contribution is 9.10. The monoisotopic (exact) mass is 280 g/mol. The Morgan fingerprint density at radius 2 is 2.31 bits per heavy atom. The van der Waals surface area contributed by atoms with Gasteiger partial charge in [0.25, 0.3) is 0 Å². The van der Waals surface area contributed by atoms with Crippen molar-refractivity contribution in [1.29, 1.82) is 0 Å². The molecule has 2 nitrogen and oxygen atoms in total. The highest BCUT2D eigenvalue weighted by Gasteiger charge is 2.58.